The van der Waals surface area contributed by atoms with Gasteiger partial charge in [-0.25, -0.2) is 4.79 Å². The number of aryl methyl sites for hydroxylation is 2. The Morgan fingerprint density at radius 3 is 2.58 bits per heavy atom. The molecule has 1 aliphatic rings. The van der Waals surface area contributed by atoms with Gasteiger partial charge in [0, 0.05) is 13.1 Å². The first-order valence-electron chi connectivity index (χ1n) is 8.63. The van der Waals surface area contributed by atoms with Gasteiger partial charge in [0.05, 0.1) is 5.69 Å². The van der Waals surface area contributed by atoms with E-state index in [0.717, 1.165) is 29.8 Å². The van der Waals surface area contributed by atoms with Crippen LogP contribution >= 0.6 is 0 Å². The molecule has 3 aromatic rings. The number of carbonyl (C=O) groups is 1. The summed E-state index contributed by atoms with van der Waals surface area (Å²) in [4.78, 5) is 15.2. The summed E-state index contributed by atoms with van der Waals surface area (Å²) in [5.41, 5.74) is 5.45. The highest BCUT2D eigenvalue weighted by Crippen LogP contribution is 2.26. The summed E-state index contributed by atoms with van der Waals surface area (Å²) in [5, 5.41) is 18.4. The molecule has 2 heterocycles. The van der Waals surface area contributed by atoms with Crippen molar-refractivity contribution >= 4 is 11.8 Å². The second kappa shape index (κ2) is 6.29. The van der Waals surface area contributed by atoms with Crippen molar-refractivity contribution in [3.63, 3.8) is 0 Å². The van der Waals surface area contributed by atoms with E-state index >= 15 is 0 Å². The highest BCUT2D eigenvalue weighted by atomic mass is 16.4. The number of nitrogens with zero attached hydrogens (tertiary/aromatic N) is 4. The van der Waals surface area contributed by atoms with Crippen LogP contribution in [0, 0.1) is 13.8 Å². The van der Waals surface area contributed by atoms with Crippen LogP contribution in [-0.4, -0.2) is 32.6 Å². The van der Waals surface area contributed by atoms with Crippen LogP contribution in [0.1, 0.15) is 32.7 Å². The van der Waals surface area contributed by atoms with E-state index in [1.54, 1.807) is 0 Å². The van der Waals surface area contributed by atoms with Gasteiger partial charge in [0.2, 0.25) is 5.69 Å². The topological polar surface area (TPSA) is 71.2 Å². The third-order valence-electron chi connectivity index (χ3n) is 4.80. The van der Waals surface area contributed by atoms with Crippen LogP contribution < -0.4 is 4.90 Å². The maximum absolute atomic E-state index is 11.8. The number of carboxylic acids is 1. The zero-order valence-corrected chi connectivity index (χ0v) is 14.8. The quantitative estimate of drug-likeness (QED) is 0.787. The van der Waals surface area contributed by atoms with E-state index in [2.05, 4.69) is 22.3 Å². The number of benzene rings is 2. The molecular formula is C20H20N4O2. The van der Waals surface area contributed by atoms with Gasteiger partial charge in [-0.3, -0.25) is 0 Å². The first-order valence-corrected chi connectivity index (χ1v) is 8.63. The summed E-state index contributed by atoms with van der Waals surface area (Å²) in [7, 11) is 0. The molecule has 132 valence electrons. The third kappa shape index (κ3) is 2.83. The van der Waals surface area contributed by atoms with E-state index in [4.69, 9.17) is 0 Å². The van der Waals surface area contributed by atoms with E-state index in [1.807, 2.05) is 49.1 Å². The van der Waals surface area contributed by atoms with Gasteiger partial charge in [-0.1, -0.05) is 42.0 Å². The molecule has 0 radical (unpaired) electrons. The van der Waals surface area contributed by atoms with Crippen LogP contribution in [0.15, 0.2) is 42.5 Å². The molecule has 1 aromatic heterocycles. The van der Waals surface area contributed by atoms with Crippen LogP contribution in [0.2, 0.25) is 0 Å². The molecular weight excluding hydrogens is 328 g/mol. The largest absolute Gasteiger partial charge is 0.476 e. The summed E-state index contributed by atoms with van der Waals surface area (Å²) >= 11 is 0. The molecule has 1 aliphatic heterocycles. The Hall–Kier alpha value is -3.15. The molecule has 0 aliphatic carbocycles. The fourth-order valence-electron chi connectivity index (χ4n) is 3.46. The average Bonchev–Trinajstić information content (AvgIpc) is 3.06. The Morgan fingerprint density at radius 1 is 1.08 bits per heavy atom. The van der Waals surface area contributed by atoms with E-state index in [0.29, 0.717) is 12.4 Å². The van der Waals surface area contributed by atoms with Crippen LogP contribution in [0.4, 0.5) is 5.82 Å². The molecule has 0 bridgehead atoms. The lowest BCUT2D eigenvalue weighted by Crippen LogP contribution is -2.31. The maximum atomic E-state index is 11.8. The maximum Gasteiger partial charge on any atom is 0.360 e. The van der Waals surface area contributed by atoms with Gasteiger partial charge in [-0.15, -0.1) is 15.0 Å². The number of anilines is 1. The second-order valence-corrected chi connectivity index (χ2v) is 6.70. The molecule has 0 amide bonds. The van der Waals surface area contributed by atoms with Crippen molar-refractivity contribution in [2.45, 2.75) is 26.8 Å². The lowest BCUT2D eigenvalue weighted by molar-refractivity contribution is 0.0690. The van der Waals surface area contributed by atoms with Gasteiger partial charge in [0.1, 0.15) is 0 Å². The molecule has 0 saturated carbocycles. The monoisotopic (exact) mass is 348 g/mol. The zero-order chi connectivity index (χ0) is 18.3. The molecule has 0 saturated heterocycles. The number of rotatable bonds is 3. The zero-order valence-electron chi connectivity index (χ0n) is 14.8. The molecule has 0 atom stereocenters. The van der Waals surface area contributed by atoms with Crippen LogP contribution in [0.25, 0.3) is 5.69 Å². The van der Waals surface area contributed by atoms with Gasteiger partial charge in [0.15, 0.2) is 5.82 Å². The third-order valence-corrected chi connectivity index (χ3v) is 4.80. The Bertz CT molecular complexity index is 993. The SMILES string of the molecule is Cc1ccc(-n2nc(C(=O)O)c(N3CCc4ccccc4C3)n2)c(C)c1. The Morgan fingerprint density at radius 2 is 1.85 bits per heavy atom. The summed E-state index contributed by atoms with van der Waals surface area (Å²) < 4.78 is 0. The minimum Gasteiger partial charge on any atom is -0.476 e. The van der Waals surface area contributed by atoms with Crippen molar-refractivity contribution in [1.82, 2.24) is 15.0 Å². The number of fused-ring (bicyclic) bond motifs is 1. The van der Waals surface area contributed by atoms with Gasteiger partial charge < -0.3 is 10.0 Å². The molecule has 6 nitrogen and oxygen atoms in total. The number of aromatic nitrogens is 3. The van der Waals surface area contributed by atoms with E-state index < -0.39 is 5.97 Å². The Labute approximate surface area is 151 Å². The lowest BCUT2D eigenvalue weighted by Gasteiger charge is -2.28. The number of hydrogen-bond acceptors (Lipinski definition) is 4. The predicted octanol–water partition coefficient (Wildman–Crippen LogP) is 3.15. The van der Waals surface area contributed by atoms with Crippen LogP contribution in [0.3, 0.4) is 0 Å². The van der Waals surface area contributed by atoms with Gasteiger partial charge in [-0.2, -0.15) is 0 Å². The molecule has 4 rings (SSSR count). The molecule has 0 unspecified atom stereocenters. The van der Waals surface area contributed by atoms with Gasteiger partial charge >= 0.3 is 5.97 Å². The van der Waals surface area contributed by atoms with Crippen molar-refractivity contribution in [3.8, 4) is 5.69 Å². The number of aromatic carboxylic acids is 1. The van der Waals surface area contributed by atoms with Crippen molar-refractivity contribution in [1.29, 1.82) is 0 Å². The van der Waals surface area contributed by atoms with Gasteiger partial charge in [-0.05, 0) is 43.0 Å². The van der Waals surface area contributed by atoms with Crippen molar-refractivity contribution < 1.29 is 9.90 Å². The van der Waals surface area contributed by atoms with Crippen molar-refractivity contribution in [2.24, 2.45) is 0 Å². The Kier molecular flexibility index (Phi) is 3.95. The fraction of sp³-hybridized carbons (Fsp3) is 0.250. The van der Waals surface area contributed by atoms with Crippen molar-refractivity contribution in [3.05, 3.63) is 70.4 Å². The van der Waals surface area contributed by atoms with E-state index in [1.165, 1.54) is 15.9 Å². The molecule has 0 fully saturated rings. The predicted molar refractivity (Wildman–Crippen MR) is 99.0 cm³/mol. The minimum absolute atomic E-state index is 0.00986. The molecule has 0 spiro atoms. The number of hydrogen-bond donors (Lipinski definition) is 1. The number of carboxylic acid groups (broad SMARTS) is 1. The first-order chi connectivity index (χ1) is 12.5. The Balaban J connectivity index is 1.75. The second-order valence-electron chi connectivity index (χ2n) is 6.70. The van der Waals surface area contributed by atoms with Crippen LogP contribution in [0.5, 0.6) is 0 Å². The summed E-state index contributed by atoms with van der Waals surface area (Å²) in [6.07, 6.45) is 0.867. The smallest absolute Gasteiger partial charge is 0.360 e. The highest BCUT2D eigenvalue weighted by molar-refractivity contribution is 5.91. The van der Waals surface area contributed by atoms with Crippen LogP contribution in [-0.2, 0) is 13.0 Å². The molecule has 6 heteroatoms. The fourth-order valence-corrected chi connectivity index (χ4v) is 3.46. The molecule has 2 aromatic carbocycles. The van der Waals surface area contributed by atoms with Crippen molar-refractivity contribution in [2.75, 3.05) is 11.4 Å². The lowest BCUT2D eigenvalue weighted by atomic mass is 10.00. The summed E-state index contributed by atoms with van der Waals surface area (Å²) in [6.45, 7) is 5.36. The average molecular weight is 348 g/mol. The van der Waals surface area contributed by atoms with E-state index in [-0.39, 0.29) is 5.69 Å². The first kappa shape index (κ1) is 16.3. The normalized spacial score (nSPS) is 13.5. The van der Waals surface area contributed by atoms with E-state index in [9.17, 15) is 9.90 Å². The molecule has 26 heavy (non-hydrogen) atoms. The highest BCUT2D eigenvalue weighted by Gasteiger charge is 2.26. The van der Waals surface area contributed by atoms with Gasteiger partial charge in [0.25, 0.3) is 0 Å². The summed E-state index contributed by atoms with van der Waals surface area (Å²) in [6, 6.07) is 14.2. The summed E-state index contributed by atoms with van der Waals surface area (Å²) in [5.74, 6) is -0.637. The minimum atomic E-state index is -1.06. The standard InChI is InChI=1S/C20H20N4O2/c1-13-7-8-17(14(2)11-13)24-21-18(20(25)26)19(22-24)23-10-9-15-5-3-4-6-16(15)12-23/h3-8,11H,9-10,12H2,1-2H3,(H,25,26). The molecule has 1 N–H and O–H groups in total.